The third kappa shape index (κ3) is 4.94. The molecule has 0 unspecified atom stereocenters. The summed E-state index contributed by atoms with van der Waals surface area (Å²) in [7, 11) is 0. The van der Waals surface area contributed by atoms with E-state index >= 15 is 0 Å². The molecule has 3 aromatic rings. The summed E-state index contributed by atoms with van der Waals surface area (Å²) in [5, 5.41) is 10.9. The fourth-order valence-electron chi connectivity index (χ4n) is 2.52. The second kappa shape index (κ2) is 8.14. The molecule has 0 aromatic heterocycles. The maximum absolute atomic E-state index is 10.4. The van der Waals surface area contributed by atoms with Crippen molar-refractivity contribution in [2.45, 2.75) is 6.42 Å². The number of carbonyl (C=O) groups is 1. The number of ether oxygens (including phenoxy) is 1. The summed E-state index contributed by atoms with van der Waals surface area (Å²) in [6.45, 7) is 0.143. The Kier molecular flexibility index (Phi) is 5.46. The van der Waals surface area contributed by atoms with Gasteiger partial charge in [0.15, 0.2) is 0 Å². The first-order valence-electron chi connectivity index (χ1n) is 8.10. The van der Waals surface area contributed by atoms with Crippen molar-refractivity contribution < 1.29 is 14.6 Å². The molecule has 0 aliphatic heterocycles. The lowest BCUT2D eigenvalue weighted by Crippen LogP contribution is -2.08. The van der Waals surface area contributed by atoms with Crippen molar-refractivity contribution in [3.8, 4) is 11.8 Å². The van der Waals surface area contributed by atoms with Crippen LogP contribution >= 0.6 is 0 Å². The van der Waals surface area contributed by atoms with Crippen LogP contribution in [-0.2, 0) is 16.0 Å². The summed E-state index contributed by atoms with van der Waals surface area (Å²) in [5.74, 6) is 5.43. The molecule has 3 rings (SSSR count). The van der Waals surface area contributed by atoms with Gasteiger partial charge < -0.3 is 9.84 Å². The lowest BCUT2D eigenvalue weighted by atomic mass is 10.1. The summed E-state index contributed by atoms with van der Waals surface area (Å²) >= 11 is 0. The van der Waals surface area contributed by atoms with Gasteiger partial charge in [0, 0.05) is 11.1 Å². The summed E-state index contributed by atoms with van der Waals surface area (Å²) in [4.78, 5) is 10.4. The molecule has 0 aliphatic rings. The number of carboxylic acids is 1. The van der Waals surface area contributed by atoms with Crippen molar-refractivity contribution in [1.82, 2.24) is 0 Å². The largest absolute Gasteiger partial charge is 0.480 e. The predicted octanol–water partition coefficient (Wildman–Crippen LogP) is 3.88. The zero-order chi connectivity index (χ0) is 17.5. The first kappa shape index (κ1) is 16.8. The average molecular weight is 330 g/mol. The minimum atomic E-state index is -0.945. The van der Waals surface area contributed by atoms with E-state index in [1.54, 1.807) is 0 Å². The van der Waals surface area contributed by atoms with E-state index < -0.39 is 5.97 Å². The fraction of sp³-hybridized carbons (Fsp3) is 0.136. The van der Waals surface area contributed by atoms with E-state index in [1.165, 1.54) is 10.8 Å². The topological polar surface area (TPSA) is 46.5 Å². The molecule has 0 atom stereocenters. The second-order valence-electron chi connectivity index (χ2n) is 5.71. The highest BCUT2D eigenvalue weighted by molar-refractivity contribution is 5.83. The van der Waals surface area contributed by atoms with E-state index in [0.717, 1.165) is 16.7 Å². The lowest BCUT2D eigenvalue weighted by Gasteiger charge is -2.02. The van der Waals surface area contributed by atoms with E-state index in [4.69, 9.17) is 9.84 Å². The first-order chi connectivity index (χ1) is 12.2. The molecule has 0 spiro atoms. The molecule has 0 saturated heterocycles. The number of aliphatic carboxylic acids is 1. The van der Waals surface area contributed by atoms with Gasteiger partial charge in [-0.15, -0.1) is 0 Å². The Morgan fingerprint density at radius 1 is 0.880 bits per heavy atom. The average Bonchev–Trinajstić information content (AvgIpc) is 2.64. The number of fused-ring (bicyclic) bond motifs is 1. The molecule has 0 amide bonds. The lowest BCUT2D eigenvalue weighted by molar-refractivity contribution is -0.142. The zero-order valence-corrected chi connectivity index (χ0v) is 13.7. The van der Waals surface area contributed by atoms with Gasteiger partial charge in [-0.05, 0) is 47.0 Å². The zero-order valence-electron chi connectivity index (χ0n) is 13.7. The molecule has 0 heterocycles. The Balaban J connectivity index is 1.63. The fourth-order valence-corrected chi connectivity index (χ4v) is 2.52. The first-order valence-corrected chi connectivity index (χ1v) is 8.10. The molecule has 25 heavy (non-hydrogen) atoms. The van der Waals surface area contributed by atoms with E-state index in [9.17, 15) is 4.79 Å². The summed E-state index contributed by atoms with van der Waals surface area (Å²) in [6, 6.07) is 22.4. The van der Waals surface area contributed by atoms with Crippen LogP contribution in [0, 0.1) is 11.8 Å². The van der Waals surface area contributed by atoms with Gasteiger partial charge in [0.2, 0.25) is 0 Å². The van der Waals surface area contributed by atoms with Gasteiger partial charge in [-0.25, -0.2) is 4.79 Å². The van der Waals surface area contributed by atoms with E-state index in [0.29, 0.717) is 13.0 Å². The summed E-state index contributed by atoms with van der Waals surface area (Å²) < 4.78 is 5.04. The third-order valence-electron chi connectivity index (χ3n) is 3.82. The molecule has 3 nitrogen and oxygen atoms in total. The number of rotatable bonds is 5. The van der Waals surface area contributed by atoms with Crippen LogP contribution in [0.25, 0.3) is 10.8 Å². The molecular weight excluding hydrogens is 312 g/mol. The van der Waals surface area contributed by atoms with Crippen molar-refractivity contribution in [3.63, 3.8) is 0 Å². The van der Waals surface area contributed by atoms with Crippen LogP contribution in [0.4, 0.5) is 0 Å². The summed E-state index contributed by atoms with van der Waals surface area (Å²) in [5.41, 5.74) is 3.04. The minimum absolute atomic E-state index is 0.255. The maximum atomic E-state index is 10.4. The van der Waals surface area contributed by atoms with Gasteiger partial charge in [-0.2, -0.15) is 0 Å². The van der Waals surface area contributed by atoms with Crippen LogP contribution in [0.15, 0.2) is 66.7 Å². The molecular formula is C22H18O3. The van der Waals surface area contributed by atoms with Gasteiger partial charge in [0.25, 0.3) is 0 Å². The van der Waals surface area contributed by atoms with Crippen LogP contribution in [-0.4, -0.2) is 24.3 Å². The number of hydrogen-bond acceptors (Lipinski definition) is 2. The predicted molar refractivity (Wildman–Crippen MR) is 98.5 cm³/mol. The SMILES string of the molecule is O=C(O)COCCc1ccc(C#Cc2ccc3ccccc3c2)cc1. The molecule has 0 radical (unpaired) electrons. The highest BCUT2D eigenvalue weighted by Gasteiger charge is 1.98. The third-order valence-corrected chi connectivity index (χ3v) is 3.82. The van der Waals surface area contributed by atoms with Gasteiger partial charge in [-0.3, -0.25) is 0 Å². The standard InChI is InChI=1S/C22H18O3/c23-22(24)16-25-14-13-18-7-5-17(6-8-18)9-10-19-11-12-20-3-1-2-4-21(20)15-19/h1-8,11-12,15H,13-14,16H2,(H,23,24). The van der Waals surface area contributed by atoms with Crippen LogP contribution < -0.4 is 0 Å². The number of hydrogen-bond donors (Lipinski definition) is 1. The Labute approximate surface area is 146 Å². The number of benzene rings is 3. The van der Waals surface area contributed by atoms with E-state index in [1.807, 2.05) is 42.5 Å². The van der Waals surface area contributed by atoms with Crippen LogP contribution in [0.3, 0.4) is 0 Å². The van der Waals surface area contributed by atoms with Crippen molar-refractivity contribution in [2.75, 3.05) is 13.2 Å². The highest BCUT2D eigenvalue weighted by atomic mass is 16.5. The van der Waals surface area contributed by atoms with Gasteiger partial charge in [0.1, 0.15) is 6.61 Å². The quantitative estimate of drug-likeness (QED) is 0.570. The van der Waals surface area contributed by atoms with Gasteiger partial charge >= 0.3 is 5.97 Å². The molecule has 3 aromatic carbocycles. The van der Waals surface area contributed by atoms with Crippen LogP contribution in [0.1, 0.15) is 16.7 Å². The van der Waals surface area contributed by atoms with Crippen LogP contribution in [0.5, 0.6) is 0 Å². The Hall–Kier alpha value is -3.09. The molecule has 124 valence electrons. The highest BCUT2D eigenvalue weighted by Crippen LogP contribution is 2.15. The van der Waals surface area contributed by atoms with Gasteiger partial charge in [-0.1, -0.05) is 54.3 Å². The van der Waals surface area contributed by atoms with E-state index in [2.05, 4.69) is 36.1 Å². The minimum Gasteiger partial charge on any atom is -0.480 e. The molecule has 0 bridgehead atoms. The monoisotopic (exact) mass is 330 g/mol. The van der Waals surface area contributed by atoms with Crippen LogP contribution in [0.2, 0.25) is 0 Å². The van der Waals surface area contributed by atoms with E-state index in [-0.39, 0.29) is 6.61 Å². The molecule has 0 saturated carbocycles. The second-order valence-corrected chi connectivity index (χ2v) is 5.71. The van der Waals surface area contributed by atoms with Gasteiger partial charge in [0.05, 0.1) is 6.61 Å². The Bertz CT molecular complexity index is 931. The van der Waals surface area contributed by atoms with Crippen molar-refractivity contribution >= 4 is 16.7 Å². The van der Waals surface area contributed by atoms with Crippen molar-refractivity contribution in [2.24, 2.45) is 0 Å². The molecule has 3 heteroatoms. The Morgan fingerprint density at radius 3 is 2.32 bits per heavy atom. The maximum Gasteiger partial charge on any atom is 0.329 e. The molecule has 0 fully saturated rings. The number of carboxylic acid groups (broad SMARTS) is 1. The molecule has 1 N–H and O–H groups in total. The van der Waals surface area contributed by atoms with Crippen molar-refractivity contribution in [3.05, 3.63) is 83.4 Å². The Morgan fingerprint density at radius 2 is 1.56 bits per heavy atom. The summed E-state index contributed by atoms with van der Waals surface area (Å²) in [6.07, 6.45) is 0.686. The normalized spacial score (nSPS) is 10.2. The molecule has 0 aliphatic carbocycles. The smallest absolute Gasteiger partial charge is 0.329 e. The van der Waals surface area contributed by atoms with Crippen molar-refractivity contribution in [1.29, 1.82) is 0 Å².